The van der Waals surface area contributed by atoms with Crippen molar-refractivity contribution in [1.82, 2.24) is 0 Å². The van der Waals surface area contributed by atoms with Crippen molar-refractivity contribution in [2.75, 3.05) is 12.4 Å². The van der Waals surface area contributed by atoms with Crippen LogP contribution in [0.2, 0.25) is 0 Å². The molecule has 118 valence electrons. The predicted octanol–water partition coefficient (Wildman–Crippen LogP) is 3.58. The van der Waals surface area contributed by atoms with Gasteiger partial charge in [-0.1, -0.05) is 37.3 Å². The second-order valence-electron chi connectivity index (χ2n) is 5.24. The second-order valence-corrected chi connectivity index (χ2v) is 5.24. The SMILES string of the molecule is CCc1ccc(NC(=O)[C@H](C#N)Cc2ccccc2OC)cc1. The molecular weight excluding hydrogens is 288 g/mol. The number of nitriles is 1. The third kappa shape index (κ3) is 4.33. The number of carbonyl (C=O) groups is 1. The fourth-order valence-corrected chi connectivity index (χ4v) is 2.34. The van der Waals surface area contributed by atoms with Gasteiger partial charge in [-0.2, -0.15) is 5.26 Å². The van der Waals surface area contributed by atoms with Gasteiger partial charge in [0.2, 0.25) is 5.91 Å². The van der Waals surface area contributed by atoms with Crippen molar-refractivity contribution in [2.24, 2.45) is 5.92 Å². The van der Waals surface area contributed by atoms with E-state index >= 15 is 0 Å². The van der Waals surface area contributed by atoms with Gasteiger partial charge >= 0.3 is 0 Å². The molecule has 2 rings (SSSR count). The van der Waals surface area contributed by atoms with Crippen molar-refractivity contribution in [1.29, 1.82) is 5.26 Å². The van der Waals surface area contributed by atoms with E-state index in [4.69, 9.17) is 4.74 Å². The van der Waals surface area contributed by atoms with Crippen molar-refractivity contribution < 1.29 is 9.53 Å². The summed E-state index contributed by atoms with van der Waals surface area (Å²) in [6.45, 7) is 2.08. The number of nitrogens with zero attached hydrogens (tertiary/aromatic N) is 1. The zero-order chi connectivity index (χ0) is 16.7. The smallest absolute Gasteiger partial charge is 0.242 e. The predicted molar refractivity (Wildman–Crippen MR) is 90.3 cm³/mol. The third-order valence-corrected chi connectivity index (χ3v) is 3.72. The minimum Gasteiger partial charge on any atom is -0.496 e. The summed E-state index contributed by atoms with van der Waals surface area (Å²) in [6.07, 6.45) is 1.27. The van der Waals surface area contributed by atoms with Crippen LogP contribution in [0.5, 0.6) is 5.75 Å². The molecule has 0 aliphatic rings. The van der Waals surface area contributed by atoms with E-state index < -0.39 is 5.92 Å². The number of aryl methyl sites for hydroxylation is 1. The molecule has 0 aliphatic heterocycles. The number of nitrogens with one attached hydrogen (secondary N) is 1. The van der Waals surface area contributed by atoms with Gasteiger partial charge in [-0.05, 0) is 35.7 Å². The molecule has 0 spiro atoms. The van der Waals surface area contributed by atoms with Crippen molar-refractivity contribution in [2.45, 2.75) is 19.8 Å². The minimum absolute atomic E-state index is 0.303. The number of hydrogen-bond acceptors (Lipinski definition) is 3. The fraction of sp³-hybridized carbons (Fsp3) is 0.263. The van der Waals surface area contributed by atoms with Gasteiger partial charge in [-0.3, -0.25) is 4.79 Å². The van der Waals surface area contributed by atoms with Gasteiger partial charge in [0.1, 0.15) is 11.7 Å². The number of rotatable bonds is 6. The van der Waals surface area contributed by atoms with E-state index in [1.54, 1.807) is 7.11 Å². The Morgan fingerprint density at radius 3 is 2.52 bits per heavy atom. The lowest BCUT2D eigenvalue weighted by molar-refractivity contribution is -0.118. The average molecular weight is 308 g/mol. The van der Waals surface area contributed by atoms with Gasteiger partial charge in [0.05, 0.1) is 13.2 Å². The Morgan fingerprint density at radius 1 is 1.22 bits per heavy atom. The first-order valence-electron chi connectivity index (χ1n) is 7.59. The Balaban J connectivity index is 2.07. The maximum Gasteiger partial charge on any atom is 0.242 e. The van der Waals surface area contributed by atoms with Crippen molar-refractivity contribution in [3.05, 3.63) is 59.7 Å². The van der Waals surface area contributed by atoms with Crippen LogP contribution in [0.1, 0.15) is 18.1 Å². The van der Waals surface area contributed by atoms with Gasteiger partial charge in [-0.15, -0.1) is 0 Å². The first kappa shape index (κ1) is 16.6. The number of anilines is 1. The zero-order valence-corrected chi connectivity index (χ0v) is 13.4. The van der Waals surface area contributed by atoms with Crippen molar-refractivity contribution >= 4 is 11.6 Å². The van der Waals surface area contributed by atoms with Crippen LogP contribution >= 0.6 is 0 Å². The number of para-hydroxylation sites is 1. The number of hydrogen-bond donors (Lipinski definition) is 1. The van der Waals surface area contributed by atoms with Gasteiger partial charge in [-0.25, -0.2) is 0 Å². The first-order valence-corrected chi connectivity index (χ1v) is 7.59. The molecule has 0 saturated carbocycles. The van der Waals surface area contributed by atoms with Crippen molar-refractivity contribution in [3.63, 3.8) is 0 Å². The highest BCUT2D eigenvalue weighted by Gasteiger charge is 2.20. The molecule has 2 aromatic carbocycles. The van der Waals surface area contributed by atoms with E-state index in [1.165, 1.54) is 5.56 Å². The van der Waals surface area contributed by atoms with Crippen LogP contribution < -0.4 is 10.1 Å². The molecule has 2 aromatic rings. The van der Waals surface area contributed by atoms with Gasteiger partial charge in [0.25, 0.3) is 0 Å². The van der Waals surface area contributed by atoms with Crippen LogP contribution in [0.4, 0.5) is 5.69 Å². The van der Waals surface area contributed by atoms with Crippen LogP contribution in [0.15, 0.2) is 48.5 Å². The number of ether oxygens (including phenoxy) is 1. The van der Waals surface area contributed by atoms with Crippen LogP contribution in [0.3, 0.4) is 0 Å². The monoisotopic (exact) mass is 308 g/mol. The Morgan fingerprint density at radius 2 is 1.91 bits per heavy atom. The van der Waals surface area contributed by atoms with Gasteiger partial charge < -0.3 is 10.1 Å². The third-order valence-electron chi connectivity index (χ3n) is 3.72. The highest BCUT2D eigenvalue weighted by Crippen LogP contribution is 2.21. The Hall–Kier alpha value is -2.80. The molecule has 0 aromatic heterocycles. The average Bonchev–Trinajstić information content (AvgIpc) is 2.60. The van der Waals surface area contributed by atoms with Crippen LogP contribution in [-0.2, 0) is 17.6 Å². The maximum absolute atomic E-state index is 12.3. The molecule has 1 amide bonds. The molecule has 4 nitrogen and oxygen atoms in total. The van der Waals surface area contributed by atoms with Crippen LogP contribution in [-0.4, -0.2) is 13.0 Å². The maximum atomic E-state index is 12.3. The standard InChI is InChI=1S/C19H20N2O2/c1-3-14-8-10-17(11-9-14)21-19(22)16(13-20)12-15-6-4-5-7-18(15)23-2/h4-11,16H,3,12H2,1-2H3,(H,21,22)/t16-/m0/s1. The summed E-state index contributed by atoms with van der Waals surface area (Å²) in [5.41, 5.74) is 2.75. The van der Waals surface area contributed by atoms with Crippen molar-refractivity contribution in [3.8, 4) is 11.8 Å². The number of methoxy groups -OCH3 is 1. The molecule has 0 fully saturated rings. The van der Waals surface area contributed by atoms with Crippen LogP contribution in [0, 0.1) is 17.2 Å². The highest BCUT2D eigenvalue weighted by molar-refractivity contribution is 5.94. The Labute approximate surface area is 136 Å². The van der Waals surface area contributed by atoms with E-state index in [9.17, 15) is 10.1 Å². The number of amides is 1. The van der Waals surface area contributed by atoms with E-state index in [0.29, 0.717) is 17.9 Å². The zero-order valence-electron chi connectivity index (χ0n) is 13.4. The van der Waals surface area contributed by atoms with Crippen LogP contribution in [0.25, 0.3) is 0 Å². The number of benzene rings is 2. The summed E-state index contributed by atoms with van der Waals surface area (Å²) < 4.78 is 5.27. The topological polar surface area (TPSA) is 62.1 Å². The minimum atomic E-state index is -0.767. The first-order chi connectivity index (χ1) is 11.2. The van der Waals surface area contributed by atoms with E-state index in [1.807, 2.05) is 48.5 Å². The Kier molecular flexibility index (Phi) is 5.76. The molecule has 0 aliphatic carbocycles. The van der Waals surface area contributed by atoms with Gasteiger partial charge in [0.15, 0.2) is 0 Å². The molecule has 4 heteroatoms. The summed E-state index contributed by atoms with van der Waals surface area (Å²) in [6, 6.07) is 17.1. The lowest BCUT2D eigenvalue weighted by Crippen LogP contribution is -2.23. The molecule has 0 saturated heterocycles. The van der Waals surface area contributed by atoms with Gasteiger partial charge in [0, 0.05) is 12.1 Å². The summed E-state index contributed by atoms with van der Waals surface area (Å²) in [4.78, 5) is 12.3. The molecule has 1 N–H and O–H groups in total. The largest absolute Gasteiger partial charge is 0.496 e. The summed E-state index contributed by atoms with van der Waals surface area (Å²) >= 11 is 0. The Bertz CT molecular complexity index is 702. The molecule has 0 heterocycles. The fourth-order valence-electron chi connectivity index (χ4n) is 2.34. The normalized spacial score (nSPS) is 11.3. The molecule has 1 atom stereocenters. The summed E-state index contributed by atoms with van der Waals surface area (Å²) in [5, 5.41) is 12.1. The highest BCUT2D eigenvalue weighted by atomic mass is 16.5. The van der Waals surface area contributed by atoms with E-state index in [0.717, 1.165) is 12.0 Å². The molecule has 23 heavy (non-hydrogen) atoms. The molecule has 0 unspecified atom stereocenters. The molecule has 0 bridgehead atoms. The molecular formula is C19H20N2O2. The summed E-state index contributed by atoms with van der Waals surface area (Å²) in [7, 11) is 1.58. The van der Waals surface area contributed by atoms with E-state index in [-0.39, 0.29) is 5.91 Å². The number of carbonyl (C=O) groups excluding carboxylic acids is 1. The second kappa shape index (κ2) is 8.00. The van der Waals surface area contributed by atoms with E-state index in [2.05, 4.69) is 18.3 Å². The quantitative estimate of drug-likeness (QED) is 0.887. The molecule has 0 radical (unpaired) electrons. The lowest BCUT2D eigenvalue weighted by atomic mass is 9.99. The summed E-state index contributed by atoms with van der Waals surface area (Å²) in [5.74, 6) is -0.382. The lowest BCUT2D eigenvalue weighted by Gasteiger charge is -2.13.